The molecule has 3 aliphatic rings. The van der Waals surface area contributed by atoms with Gasteiger partial charge in [0.15, 0.2) is 11.4 Å². The van der Waals surface area contributed by atoms with Crippen LogP contribution in [0.15, 0.2) is 42.5 Å². The van der Waals surface area contributed by atoms with Gasteiger partial charge in [-0.1, -0.05) is 36.4 Å². The molecule has 8 atom stereocenters. The van der Waals surface area contributed by atoms with Gasteiger partial charge in [-0.25, -0.2) is 0 Å². The summed E-state index contributed by atoms with van der Waals surface area (Å²) in [6, 6.07) is 12.7. The highest BCUT2D eigenvalue weighted by molar-refractivity contribution is 7.86. The Balaban J connectivity index is 1.67. The maximum absolute atomic E-state index is 14.0. The summed E-state index contributed by atoms with van der Waals surface area (Å²) in [7, 11) is -1.59. The van der Waals surface area contributed by atoms with Crippen molar-refractivity contribution in [1.82, 2.24) is 0 Å². The second-order valence-electron chi connectivity index (χ2n) is 13.6. The van der Waals surface area contributed by atoms with E-state index < -0.39 is 76.1 Å². The van der Waals surface area contributed by atoms with Crippen molar-refractivity contribution < 1.29 is 61.9 Å². The van der Waals surface area contributed by atoms with E-state index in [1.165, 1.54) is 21.1 Å². The maximum atomic E-state index is 14.0. The van der Waals surface area contributed by atoms with Crippen molar-refractivity contribution in [3.63, 3.8) is 0 Å². The molecule has 1 saturated heterocycles. The molecule has 0 radical (unpaired) electrons. The Labute approximate surface area is 284 Å². The summed E-state index contributed by atoms with van der Waals surface area (Å²) in [5, 5.41) is 57.5. The standard InChI is InChI=1S/C35H42O13S/c1-18-29(38)23(36)14-24(47-18)20-11-12-21-27(31(20)46-16-19-9-7-6-8-10-19)30(44-3)22-13-26(48-49(5,42)43)34(40)17-33(2,39)15-25(37)35(34,41)28(22)32(21)45-4/h6-12,18,23-24,26,29,36,38-41H,13-17H2,1-5H3/t18-,23-,24-,26-,29-,33+,34-,35+/m1/s1. The van der Waals surface area contributed by atoms with E-state index in [-0.39, 0.29) is 47.8 Å². The molecule has 0 bridgehead atoms. The Morgan fingerprint density at radius 3 is 2.27 bits per heavy atom. The lowest BCUT2D eigenvalue weighted by Gasteiger charge is -2.56. The number of carbonyl (C=O) groups excluding carboxylic acids is 1. The molecule has 49 heavy (non-hydrogen) atoms. The number of ketones is 1. The van der Waals surface area contributed by atoms with Crippen molar-refractivity contribution in [3.8, 4) is 17.2 Å². The van der Waals surface area contributed by atoms with Gasteiger partial charge in [0.05, 0.1) is 49.8 Å². The topological polar surface area (TPSA) is 199 Å². The summed E-state index contributed by atoms with van der Waals surface area (Å²) < 4.78 is 55.1. The molecule has 3 aromatic carbocycles. The highest BCUT2D eigenvalue weighted by Crippen LogP contribution is 2.60. The number of aliphatic hydroxyl groups is 5. The predicted molar refractivity (Wildman–Crippen MR) is 175 cm³/mol. The highest BCUT2D eigenvalue weighted by atomic mass is 32.2. The number of rotatable bonds is 8. The molecule has 1 saturated carbocycles. The van der Waals surface area contributed by atoms with Gasteiger partial charge in [0.2, 0.25) is 0 Å². The predicted octanol–water partition coefficient (Wildman–Crippen LogP) is 1.94. The Hall–Kier alpha value is -3.34. The molecule has 0 unspecified atom stereocenters. The van der Waals surface area contributed by atoms with Crippen molar-refractivity contribution in [3.05, 3.63) is 64.7 Å². The van der Waals surface area contributed by atoms with E-state index in [0.717, 1.165) is 11.8 Å². The first-order chi connectivity index (χ1) is 23.0. The van der Waals surface area contributed by atoms with Crippen LogP contribution in [0, 0.1) is 0 Å². The van der Waals surface area contributed by atoms with Crippen LogP contribution in [0.4, 0.5) is 0 Å². The van der Waals surface area contributed by atoms with Crippen molar-refractivity contribution in [2.24, 2.45) is 0 Å². The van der Waals surface area contributed by atoms with Crippen LogP contribution in [0.1, 0.15) is 61.5 Å². The highest BCUT2D eigenvalue weighted by Gasteiger charge is 2.70. The van der Waals surface area contributed by atoms with Gasteiger partial charge in [0.1, 0.15) is 41.7 Å². The first-order valence-electron chi connectivity index (χ1n) is 16.0. The molecule has 2 aliphatic carbocycles. The van der Waals surface area contributed by atoms with Crippen LogP contribution >= 0.6 is 0 Å². The van der Waals surface area contributed by atoms with Crippen LogP contribution in [0.3, 0.4) is 0 Å². The number of Topliss-reactive ketones (excluding diaryl/α,β-unsaturated/α-hetero) is 1. The van der Waals surface area contributed by atoms with E-state index in [4.69, 9.17) is 23.1 Å². The molecule has 0 spiro atoms. The third-order valence-corrected chi connectivity index (χ3v) is 10.5. The first-order valence-corrected chi connectivity index (χ1v) is 17.8. The summed E-state index contributed by atoms with van der Waals surface area (Å²) in [5.41, 5.74) is -5.90. The number of carbonyl (C=O) groups is 1. The third kappa shape index (κ3) is 5.87. The lowest BCUT2D eigenvalue weighted by Crippen LogP contribution is -2.72. The zero-order valence-electron chi connectivity index (χ0n) is 27.9. The van der Waals surface area contributed by atoms with Gasteiger partial charge < -0.3 is 44.5 Å². The van der Waals surface area contributed by atoms with Crippen LogP contribution in [0.25, 0.3) is 10.8 Å². The minimum atomic E-state index is -4.28. The molecule has 2 fully saturated rings. The summed E-state index contributed by atoms with van der Waals surface area (Å²) in [6.07, 6.45) is -6.12. The van der Waals surface area contributed by atoms with Crippen LogP contribution in [0.5, 0.6) is 17.2 Å². The SMILES string of the molecule is COc1c2c(c(OC)c3c(OCc4ccccc4)c([C@H]4C[C@@H](O)[C@H](O)[C@@H](C)O4)ccc13)C[C@@H](OS(C)(=O)=O)[C@]1(O)C[C@@](C)(O)CC(=O)[C@]21O. The Morgan fingerprint density at radius 1 is 0.980 bits per heavy atom. The molecular formula is C35H42O13S. The molecule has 266 valence electrons. The van der Waals surface area contributed by atoms with Crippen LogP contribution < -0.4 is 14.2 Å². The van der Waals surface area contributed by atoms with E-state index in [9.17, 15) is 38.7 Å². The van der Waals surface area contributed by atoms with Crippen molar-refractivity contribution in [2.45, 2.75) is 93.5 Å². The molecule has 5 N–H and O–H groups in total. The smallest absolute Gasteiger partial charge is 0.264 e. The summed E-state index contributed by atoms with van der Waals surface area (Å²) in [5.74, 6) is -0.637. The summed E-state index contributed by atoms with van der Waals surface area (Å²) in [6.45, 7) is 3.05. The fraction of sp³-hybridized carbons (Fsp3) is 0.514. The van der Waals surface area contributed by atoms with Crippen LogP contribution in [0.2, 0.25) is 0 Å². The van der Waals surface area contributed by atoms with Crippen LogP contribution in [-0.4, -0.2) is 95.8 Å². The number of benzene rings is 3. The number of aliphatic hydroxyl groups excluding tert-OH is 2. The lowest BCUT2D eigenvalue weighted by molar-refractivity contribution is -0.243. The number of methoxy groups -OCH3 is 2. The van der Waals surface area contributed by atoms with Crippen LogP contribution in [-0.2, 0) is 42.5 Å². The normalized spacial score (nSPS) is 33.1. The van der Waals surface area contributed by atoms with E-state index in [1.807, 2.05) is 30.3 Å². The lowest BCUT2D eigenvalue weighted by atomic mass is 9.56. The molecule has 13 nitrogen and oxygen atoms in total. The molecule has 14 heteroatoms. The quantitative estimate of drug-likeness (QED) is 0.214. The van der Waals surface area contributed by atoms with Gasteiger partial charge in [-0.2, -0.15) is 8.42 Å². The molecule has 0 amide bonds. The van der Waals surface area contributed by atoms with E-state index in [2.05, 4.69) is 0 Å². The Bertz CT molecular complexity index is 1870. The first kappa shape index (κ1) is 35.5. The average Bonchev–Trinajstić information content (AvgIpc) is 3.02. The monoisotopic (exact) mass is 702 g/mol. The number of hydrogen-bond acceptors (Lipinski definition) is 13. The minimum Gasteiger partial charge on any atom is -0.496 e. The number of hydrogen-bond donors (Lipinski definition) is 5. The van der Waals surface area contributed by atoms with Crippen molar-refractivity contribution in [1.29, 1.82) is 0 Å². The maximum Gasteiger partial charge on any atom is 0.264 e. The minimum absolute atomic E-state index is 0.0103. The number of ether oxygens (including phenoxy) is 4. The Kier molecular flexibility index (Phi) is 9.02. The van der Waals surface area contributed by atoms with Gasteiger partial charge in [0, 0.05) is 47.8 Å². The average molecular weight is 703 g/mol. The summed E-state index contributed by atoms with van der Waals surface area (Å²) in [4.78, 5) is 14.0. The molecule has 0 aromatic heterocycles. The Morgan fingerprint density at radius 2 is 1.65 bits per heavy atom. The van der Waals surface area contributed by atoms with Gasteiger partial charge in [-0.15, -0.1) is 0 Å². The van der Waals surface area contributed by atoms with Crippen molar-refractivity contribution in [2.75, 3.05) is 20.5 Å². The van der Waals surface area contributed by atoms with Gasteiger partial charge in [0.25, 0.3) is 10.1 Å². The zero-order chi connectivity index (χ0) is 35.7. The third-order valence-electron chi connectivity index (χ3n) is 9.95. The molecule has 3 aromatic rings. The largest absolute Gasteiger partial charge is 0.496 e. The zero-order valence-corrected chi connectivity index (χ0v) is 28.7. The fourth-order valence-electron chi connectivity index (χ4n) is 7.84. The number of fused-ring (bicyclic) bond motifs is 4. The molecule has 1 aliphatic heterocycles. The van der Waals surface area contributed by atoms with E-state index in [0.29, 0.717) is 16.3 Å². The van der Waals surface area contributed by atoms with Gasteiger partial charge in [-0.3, -0.25) is 8.98 Å². The van der Waals surface area contributed by atoms with E-state index in [1.54, 1.807) is 19.1 Å². The van der Waals surface area contributed by atoms with Gasteiger partial charge >= 0.3 is 0 Å². The van der Waals surface area contributed by atoms with E-state index >= 15 is 0 Å². The van der Waals surface area contributed by atoms with Gasteiger partial charge in [-0.05, 0) is 25.5 Å². The second kappa shape index (κ2) is 12.5. The fourth-order valence-corrected chi connectivity index (χ4v) is 8.49. The molecular weight excluding hydrogens is 660 g/mol. The second-order valence-corrected chi connectivity index (χ2v) is 15.2. The molecule has 1 heterocycles. The summed E-state index contributed by atoms with van der Waals surface area (Å²) >= 11 is 0. The van der Waals surface area contributed by atoms with Crippen molar-refractivity contribution >= 4 is 26.7 Å². The molecule has 6 rings (SSSR count).